The van der Waals surface area contributed by atoms with Gasteiger partial charge in [0.2, 0.25) is 0 Å². The van der Waals surface area contributed by atoms with Crippen LogP contribution in [0.4, 0.5) is 0 Å². The van der Waals surface area contributed by atoms with Crippen molar-refractivity contribution in [2.75, 3.05) is 6.61 Å². The highest BCUT2D eigenvalue weighted by atomic mass is 16.7. The maximum Gasteiger partial charge on any atom is 0.171 e. The normalized spacial score (nSPS) is 62.5. The molecule has 3 heteroatoms. The minimum Gasteiger partial charge on any atom is -0.393 e. The van der Waals surface area contributed by atoms with E-state index in [1.54, 1.807) is 0 Å². The zero-order valence-corrected chi connectivity index (χ0v) is 19.7. The zero-order valence-electron chi connectivity index (χ0n) is 19.7. The summed E-state index contributed by atoms with van der Waals surface area (Å²) in [5.74, 6) is 4.93. The predicted octanol–water partition coefficient (Wildman–Crippen LogP) is 5.79. The summed E-state index contributed by atoms with van der Waals surface area (Å²) in [6.45, 7) is 10.9. The molecule has 4 saturated carbocycles. The lowest BCUT2D eigenvalue weighted by molar-refractivity contribution is -0.273. The van der Waals surface area contributed by atoms with Crippen LogP contribution in [0, 0.1) is 52.3 Å². The first-order valence-electron chi connectivity index (χ1n) is 13.3. The van der Waals surface area contributed by atoms with E-state index in [0.717, 1.165) is 49.5 Å². The first-order chi connectivity index (χ1) is 14.3. The maximum absolute atomic E-state index is 10.3. The second-order valence-electron chi connectivity index (χ2n) is 13.1. The Kier molecular flexibility index (Phi) is 4.58. The fourth-order valence-electron chi connectivity index (χ4n) is 10.3. The number of hydrogen-bond acceptors (Lipinski definition) is 3. The van der Waals surface area contributed by atoms with Gasteiger partial charge in [0.05, 0.1) is 18.8 Å². The van der Waals surface area contributed by atoms with Gasteiger partial charge in [-0.3, -0.25) is 0 Å². The van der Waals surface area contributed by atoms with E-state index in [4.69, 9.17) is 9.47 Å². The lowest BCUT2D eigenvalue weighted by Gasteiger charge is -2.61. The molecule has 4 aliphatic carbocycles. The minimum atomic E-state index is -0.282. The summed E-state index contributed by atoms with van der Waals surface area (Å²) in [6.07, 6.45) is 12.9. The summed E-state index contributed by atoms with van der Waals surface area (Å²) in [6, 6.07) is 0. The van der Waals surface area contributed by atoms with Crippen molar-refractivity contribution in [3.8, 4) is 0 Å². The Hall–Kier alpha value is -0.120. The van der Waals surface area contributed by atoms with Crippen molar-refractivity contribution in [1.29, 1.82) is 0 Å². The molecule has 170 valence electrons. The highest BCUT2D eigenvalue weighted by molar-refractivity contribution is 5.15. The second-order valence-corrected chi connectivity index (χ2v) is 13.1. The van der Waals surface area contributed by atoms with Crippen LogP contribution in [-0.4, -0.2) is 29.7 Å². The van der Waals surface area contributed by atoms with Crippen molar-refractivity contribution >= 4 is 0 Å². The van der Waals surface area contributed by atoms with Gasteiger partial charge in [-0.2, -0.15) is 0 Å². The molecule has 12 atom stereocenters. The van der Waals surface area contributed by atoms with E-state index in [2.05, 4.69) is 27.7 Å². The van der Waals surface area contributed by atoms with Gasteiger partial charge in [0.15, 0.2) is 5.79 Å². The fourth-order valence-corrected chi connectivity index (χ4v) is 10.3. The summed E-state index contributed by atoms with van der Waals surface area (Å²) < 4.78 is 13.4. The van der Waals surface area contributed by atoms with E-state index in [0.29, 0.717) is 34.7 Å². The highest BCUT2D eigenvalue weighted by Crippen LogP contribution is 2.71. The van der Waals surface area contributed by atoms with E-state index < -0.39 is 0 Å². The van der Waals surface area contributed by atoms with Crippen LogP contribution >= 0.6 is 0 Å². The van der Waals surface area contributed by atoms with Gasteiger partial charge in [-0.1, -0.05) is 27.7 Å². The molecule has 6 aliphatic rings. The van der Waals surface area contributed by atoms with Crippen molar-refractivity contribution in [2.24, 2.45) is 52.3 Å². The van der Waals surface area contributed by atoms with Gasteiger partial charge in [-0.05, 0) is 104 Å². The lowest BCUT2D eigenvalue weighted by Crippen LogP contribution is -2.55. The Morgan fingerprint density at radius 2 is 1.63 bits per heavy atom. The minimum absolute atomic E-state index is 0.0389. The molecule has 30 heavy (non-hydrogen) atoms. The Labute approximate surface area is 183 Å². The van der Waals surface area contributed by atoms with Gasteiger partial charge in [-0.25, -0.2) is 0 Å². The van der Waals surface area contributed by atoms with Crippen LogP contribution in [-0.2, 0) is 9.47 Å². The van der Waals surface area contributed by atoms with E-state index >= 15 is 0 Å². The van der Waals surface area contributed by atoms with Crippen molar-refractivity contribution < 1.29 is 14.6 Å². The average Bonchev–Trinajstić information content (AvgIpc) is 3.16. The van der Waals surface area contributed by atoms with Crippen LogP contribution in [0.15, 0.2) is 0 Å². The highest BCUT2D eigenvalue weighted by Gasteiger charge is 2.69. The van der Waals surface area contributed by atoms with Gasteiger partial charge in [-0.15, -0.1) is 0 Å². The summed E-state index contributed by atoms with van der Waals surface area (Å²) in [4.78, 5) is 0. The summed E-state index contributed by atoms with van der Waals surface area (Å²) in [5, 5.41) is 10.3. The summed E-state index contributed by atoms with van der Waals surface area (Å²) in [5.41, 5.74) is 0.899. The van der Waals surface area contributed by atoms with Crippen molar-refractivity contribution in [1.82, 2.24) is 0 Å². The molecule has 0 aromatic carbocycles. The van der Waals surface area contributed by atoms with E-state index in [1.807, 2.05) is 0 Å². The average molecular weight is 417 g/mol. The quantitative estimate of drug-likeness (QED) is 0.543. The smallest absolute Gasteiger partial charge is 0.171 e. The van der Waals surface area contributed by atoms with Crippen LogP contribution in [0.2, 0.25) is 0 Å². The number of fused-ring (bicyclic) bond motifs is 7. The Bertz CT molecular complexity index is 684. The molecule has 2 heterocycles. The van der Waals surface area contributed by atoms with E-state index in [9.17, 15) is 5.11 Å². The molecule has 0 radical (unpaired) electrons. The van der Waals surface area contributed by atoms with E-state index in [1.165, 1.54) is 44.9 Å². The molecule has 0 aromatic rings. The topological polar surface area (TPSA) is 38.7 Å². The summed E-state index contributed by atoms with van der Waals surface area (Å²) in [7, 11) is 0. The van der Waals surface area contributed by atoms with Crippen LogP contribution in [0.25, 0.3) is 0 Å². The monoisotopic (exact) mass is 416 g/mol. The first kappa shape index (κ1) is 20.5. The van der Waals surface area contributed by atoms with Gasteiger partial charge in [0, 0.05) is 12.3 Å². The first-order valence-corrected chi connectivity index (χ1v) is 13.3. The Morgan fingerprint density at radius 1 is 0.833 bits per heavy atom. The van der Waals surface area contributed by atoms with Crippen molar-refractivity contribution in [3.05, 3.63) is 0 Å². The lowest BCUT2D eigenvalue weighted by atomic mass is 9.44. The van der Waals surface area contributed by atoms with Crippen LogP contribution in [0.5, 0.6) is 0 Å². The molecule has 1 N–H and O–H groups in total. The SMILES string of the molecule is C[C@@H]1CC[C@@]2(OC1)O[C@H]1C[C@H]3[C@@H]4CC[C@H]5C[C@@H](O)CC[C@]5(C)[C@H]4CC[C@]3(C)C1[C@@H]2C. The summed E-state index contributed by atoms with van der Waals surface area (Å²) >= 11 is 0. The molecule has 6 fully saturated rings. The molecule has 0 aromatic heterocycles. The van der Waals surface area contributed by atoms with Gasteiger partial charge < -0.3 is 14.6 Å². The number of ether oxygens (including phenoxy) is 2. The number of aliphatic hydroxyl groups excluding tert-OH is 1. The molecule has 1 unspecified atom stereocenters. The van der Waals surface area contributed by atoms with Crippen molar-refractivity contribution in [3.63, 3.8) is 0 Å². The molecule has 6 rings (SSSR count). The zero-order chi connectivity index (χ0) is 20.9. The molecule has 3 nitrogen and oxygen atoms in total. The van der Waals surface area contributed by atoms with Gasteiger partial charge >= 0.3 is 0 Å². The molecule has 2 aliphatic heterocycles. The fraction of sp³-hybridized carbons (Fsp3) is 1.00. The predicted molar refractivity (Wildman–Crippen MR) is 118 cm³/mol. The number of rotatable bonds is 0. The third-order valence-electron chi connectivity index (χ3n) is 11.9. The van der Waals surface area contributed by atoms with Crippen molar-refractivity contribution in [2.45, 2.75) is 110 Å². The molecule has 2 saturated heterocycles. The third-order valence-corrected chi connectivity index (χ3v) is 11.9. The number of aliphatic hydroxyl groups is 1. The largest absolute Gasteiger partial charge is 0.393 e. The van der Waals surface area contributed by atoms with Crippen LogP contribution < -0.4 is 0 Å². The standard InChI is InChI=1S/C27H44O3/c1-16-7-12-27(29-15-16)17(2)24-23(30-27)14-22-20-6-5-18-13-19(28)8-10-25(18,3)21(20)9-11-26(22,24)4/h16-24,28H,5-15H2,1-4H3/t16-,17+,18+,19+,20-,21+,22+,23+,24?,25+,26+,27-/m1/s1. The number of hydrogen-bond donors (Lipinski definition) is 1. The Balaban J connectivity index is 1.26. The molecule has 0 bridgehead atoms. The molecule has 0 amide bonds. The Morgan fingerprint density at radius 3 is 2.40 bits per heavy atom. The maximum atomic E-state index is 10.3. The van der Waals surface area contributed by atoms with E-state index in [-0.39, 0.29) is 11.9 Å². The van der Waals surface area contributed by atoms with Gasteiger partial charge in [0.25, 0.3) is 0 Å². The molecular formula is C27H44O3. The molecule has 1 spiro atoms. The van der Waals surface area contributed by atoms with Crippen LogP contribution in [0.1, 0.15) is 91.9 Å². The third kappa shape index (κ3) is 2.61. The van der Waals surface area contributed by atoms with Gasteiger partial charge in [0.1, 0.15) is 0 Å². The van der Waals surface area contributed by atoms with Crippen LogP contribution in [0.3, 0.4) is 0 Å². The second kappa shape index (κ2) is 6.70. The molecular weight excluding hydrogens is 372 g/mol.